The summed E-state index contributed by atoms with van der Waals surface area (Å²) in [5.74, 6) is 0.732. The Morgan fingerprint density at radius 3 is 2.91 bits per heavy atom. The Hall–Kier alpha value is -0.250. The van der Waals surface area contributed by atoms with Crippen molar-refractivity contribution in [2.75, 3.05) is 5.88 Å². The fraction of sp³-hybridized carbons (Fsp3) is 0.500. The van der Waals surface area contributed by atoms with Crippen LogP contribution < -0.4 is 0 Å². The van der Waals surface area contributed by atoms with Crippen molar-refractivity contribution in [1.82, 2.24) is 5.16 Å². The summed E-state index contributed by atoms with van der Waals surface area (Å²) in [5.41, 5.74) is 0. The van der Waals surface area contributed by atoms with Crippen molar-refractivity contribution in [3.05, 3.63) is 17.0 Å². The fourth-order valence-electron chi connectivity index (χ4n) is 0.669. The van der Waals surface area contributed by atoms with Crippen LogP contribution in [0.1, 0.15) is 18.3 Å². The standard InChI is InChI=1S/C6H7Cl2NO2/c7-2-1-4(10)5-3-6(8)9-11-5/h3-4,10H,1-2H2. The minimum atomic E-state index is -0.701. The summed E-state index contributed by atoms with van der Waals surface area (Å²) in [4.78, 5) is 0. The molecule has 0 aliphatic rings. The molecular formula is C6H7Cl2NO2. The summed E-state index contributed by atoms with van der Waals surface area (Å²) >= 11 is 10.9. The van der Waals surface area contributed by atoms with Gasteiger partial charge >= 0.3 is 0 Å². The van der Waals surface area contributed by atoms with Gasteiger partial charge in [-0.2, -0.15) is 0 Å². The largest absolute Gasteiger partial charge is 0.385 e. The van der Waals surface area contributed by atoms with Crippen LogP contribution in [0.4, 0.5) is 0 Å². The predicted octanol–water partition coefficient (Wildman–Crippen LogP) is 1.99. The maximum atomic E-state index is 9.26. The van der Waals surface area contributed by atoms with Crippen LogP contribution >= 0.6 is 23.2 Å². The molecule has 3 nitrogen and oxygen atoms in total. The zero-order chi connectivity index (χ0) is 8.27. The molecule has 0 spiro atoms. The first kappa shape index (κ1) is 8.84. The lowest BCUT2D eigenvalue weighted by molar-refractivity contribution is 0.136. The van der Waals surface area contributed by atoms with E-state index in [0.717, 1.165) is 0 Å². The summed E-state index contributed by atoms with van der Waals surface area (Å²) in [7, 11) is 0. The zero-order valence-electron chi connectivity index (χ0n) is 5.63. The van der Waals surface area contributed by atoms with Crippen molar-refractivity contribution < 1.29 is 9.63 Å². The highest BCUT2D eigenvalue weighted by atomic mass is 35.5. The van der Waals surface area contributed by atoms with Crippen LogP contribution in [-0.2, 0) is 0 Å². The summed E-state index contributed by atoms with van der Waals surface area (Å²) in [5, 5.41) is 12.9. The molecule has 0 aliphatic carbocycles. The number of nitrogens with zero attached hydrogens (tertiary/aromatic N) is 1. The van der Waals surface area contributed by atoms with E-state index in [-0.39, 0.29) is 5.15 Å². The van der Waals surface area contributed by atoms with Crippen molar-refractivity contribution >= 4 is 23.2 Å². The Balaban J connectivity index is 2.60. The van der Waals surface area contributed by atoms with Gasteiger partial charge in [0.1, 0.15) is 6.10 Å². The molecule has 0 radical (unpaired) electrons. The van der Waals surface area contributed by atoms with Crippen LogP contribution in [0.3, 0.4) is 0 Å². The Morgan fingerprint density at radius 1 is 1.73 bits per heavy atom. The highest BCUT2D eigenvalue weighted by molar-refractivity contribution is 6.29. The molecule has 0 saturated heterocycles. The lowest BCUT2D eigenvalue weighted by Gasteiger charge is -2.01. The number of hydrogen-bond donors (Lipinski definition) is 1. The number of alkyl halides is 1. The number of halogens is 2. The summed E-state index contributed by atoms with van der Waals surface area (Å²) in [6.07, 6.45) is -0.264. The van der Waals surface area contributed by atoms with Crippen molar-refractivity contribution in [1.29, 1.82) is 0 Å². The SMILES string of the molecule is OC(CCCl)c1cc(Cl)no1. The second kappa shape index (κ2) is 3.95. The van der Waals surface area contributed by atoms with E-state index in [2.05, 4.69) is 9.68 Å². The molecule has 0 aliphatic heterocycles. The molecule has 1 aromatic heterocycles. The Bertz CT molecular complexity index is 226. The zero-order valence-corrected chi connectivity index (χ0v) is 7.14. The molecule has 0 bridgehead atoms. The number of hydrogen-bond acceptors (Lipinski definition) is 3. The number of aromatic nitrogens is 1. The van der Waals surface area contributed by atoms with E-state index >= 15 is 0 Å². The van der Waals surface area contributed by atoms with Gasteiger partial charge in [-0.05, 0) is 6.42 Å². The molecular weight excluding hydrogens is 189 g/mol. The maximum absolute atomic E-state index is 9.26. The molecule has 0 aromatic carbocycles. The van der Waals surface area contributed by atoms with Crippen LogP contribution in [0, 0.1) is 0 Å². The smallest absolute Gasteiger partial charge is 0.172 e. The van der Waals surface area contributed by atoms with Crippen molar-refractivity contribution in [3.63, 3.8) is 0 Å². The lowest BCUT2D eigenvalue weighted by Crippen LogP contribution is -1.95. The van der Waals surface area contributed by atoms with Crippen LogP contribution in [0.25, 0.3) is 0 Å². The van der Waals surface area contributed by atoms with Crippen molar-refractivity contribution in [2.45, 2.75) is 12.5 Å². The quantitative estimate of drug-likeness (QED) is 0.751. The van der Waals surface area contributed by atoms with E-state index in [9.17, 15) is 5.11 Å². The molecule has 1 heterocycles. The minimum Gasteiger partial charge on any atom is -0.385 e. The monoisotopic (exact) mass is 195 g/mol. The van der Waals surface area contributed by atoms with Gasteiger partial charge in [0, 0.05) is 11.9 Å². The molecule has 0 saturated carbocycles. The number of aliphatic hydroxyl groups is 1. The van der Waals surface area contributed by atoms with Crippen LogP contribution in [0.2, 0.25) is 5.15 Å². The van der Waals surface area contributed by atoms with Crippen LogP contribution in [0.5, 0.6) is 0 Å². The molecule has 0 amide bonds. The van der Waals surface area contributed by atoms with Gasteiger partial charge < -0.3 is 9.63 Å². The minimum absolute atomic E-state index is 0.244. The summed E-state index contributed by atoms with van der Waals surface area (Å²) < 4.78 is 4.69. The van der Waals surface area contributed by atoms with Crippen molar-refractivity contribution in [3.8, 4) is 0 Å². The Morgan fingerprint density at radius 2 is 2.45 bits per heavy atom. The predicted molar refractivity (Wildman–Crippen MR) is 41.8 cm³/mol. The molecule has 1 aromatic rings. The number of rotatable bonds is 3. The molecule has 1 unspecified atom stereocenters. The van der Waals surface area contributed by atoms with Crippen LogP contribution in [-0.4, -0.2) is 16.1 Å². The van der Waals surface area contributed by atoms with Gasteiger partial charge in [-0.25, -0.2) is 0 Å². The summed E-state index contributed by atoms with van der Waals surface area (Å²) in [6, 6.07) is 1.47. The van der Waals surface area contributed by atoms with Gasteiger partial charge in [-0.1, -0.05) is 16.8 Å². The highest BCUT2D eigenvalue weighted by Gasteiger charge is 2.11. The molecule has 1 atom stereocenters. The average molecular weight is 196 g/mol. The third-order valence-corrected chi connectivity index (χ3v) is 1.61. The van der Waals surface area contributed by atoms with Gasteiger partial charge in [0.15, 0.2) is 10.9 Å². The van der Waals surface area contributed by atoms with Gasteiger partial charge in [0.05, 0.1) is 0 Å². The average Bonchev–Trinajstić information content (AvgIpc) is 2.36. The first-order valence-corrected chi connectivity index (χ1v) is 4.01. The van der Waals surface area contributed by atoms with Gasteiger partial charge in [0.2, 0.25) is 0 Å². The molecule has 1 rings (SSSR count). The first-order valence-electron chi connectivity index (χ1n) is 3.10. The van der Waals surface area contributed by atoms with E-state index in [4.69, 9.17) is 23.2 Å². The molecule has 62 valence electrons. The molecule has 11 heavy (non-hydrogen) atoms. The summed E-state index contributed by atoms with van der Waals surface area (Å²) in [6.45, 7) is 0. The third-order valence-electron chi connectivity index (χ3n) is 1.21. The van der Waals surface area contributed by atoms with Gasteiger partial charge in [-0.15, -0.1) is 11.6 Å². The highest BCUT2D eigenvalue weighted by Crippen LogP contribution is 2.19. The van der Waals surface area contributed by atoms with E-state index in [1.807, 2.05) is 0 Å². The van der Waals surface area contributed by atoms with Crippen LogP contribution in [0.15, 0.2) is 10.6 Å². The second-order valence-corrected chi connectivity index (χ2v) is 2.81. The lowest BCUT2D eigenvalue weighted by atomic mass is 10.2. The van der Waals surface area contributed by atoms with Gasteiger partial charge in [-0.3, -0.25) is 0 Å². The molecule has 5 heteroatoms. The van der Waals surface area contributed by atoms with E-state index in [1.165, 1.54) is 6.07 Å². The second-order valence-electron chi connectivity index (χ2n) is 2.05. The fourth-order valence-corrected chi connectivity index (χ4v) is 1.02. The Kier molecular flexibility index (Phi) is 3.17. The normalized spacial score (nSPS) is 13.4. The third kappa shape index (κ3) is 2.36. The topological polar surface area (TPSA) is 46.3 Å². The van der Waals surface area contributed by atoms with E-state index in [0.29, 0.717) is 18.1 Å². The number of aliphatic hydroxyl groups excluding tert-OH is 1. The first-order chi connectivity index (χ1) is 5.24. The van der Waals surface area contributed by atoms with Crippen molar-refractivity contribution in [2.24, 2.45) is 0 Å². The Labute approximate surface area is 73.9 Å². The maximum Gasteiger partial charge on any atom is 0.172 e. The van der Waals surface area contributed by atoms with E-state index in [1.54, 1.807) is 0 Å². The molecule has 1 N–H and O–H groups in total. The van der Waals surface area contributed by atoms with Gasteiger partial charge in [0.25, 0.3) is 0 Å². The molecule has 0 fully saturated rings. The van der Waals surface area contributed by atoms with E-state index < -0.39 is 6.10 Å².